The second-order valence-electron chi connectivity index (χ2n) is 3.34. The van der Waals surface area contributed by atoms with Crippen LogP contribution in [-0.2, 0) is 0 Å². The molecule has 2 rings (SSSR count). The standard InChI is InChI=1S/C9H9IN2O2/c10-6-1-4-9(12(13)14)8(5-6)11-7-2-3-7/h1,4-5,7,11H,2-3H2. The van der Waals surface area contributed by atoms with Crippen LogP contribution in [0.15, 0.2) is 18.2 Å². The van der Waals surface area contributed by atoms with E-state index in [0.29, 0.717) is 11.7 Å². The Hall–Kier alpha value is -0.850. The quantitative estimate of drug-likeness (QED) is 0.531. The van der Waals surface area contributed by atoms with Gasteiger partial charge in [0.05, 0.1) is 4.92 Å². The summed E-state index contributed by atoms with van der Waals surface area (Å²) in [7, 11) is 0. The van der Waals surface area contributed by atoms with Crippen LogP contribution in [0.25, 0.3) is 0 Å². The van der Waals surface area contributed by atoms with Crippen molar-refractivity contribution in [2.24, 2.45) is 0 Å². The van der Waals surface area contributed by atoms with Crippen molar-refractivity contribution in [3.05, 3.63) is 31.9 Å². The highest BCUT2D eigenvalue weighted by molar-refractivity contribution is 14.1. The number of anilines is 1. The summed E-state index contributed by atoms with van der Waals surface area (Å²) in [6.45, 7) is 0. The molecule has 0 amide bonds. The molecule has 0 saturated heterocycles. The predicted molar refractivity (Wildman–Crippen MR) is 62.5 cm³/mol. The molecule has 1 aromatic rings. The highest BCUT2D eigenvalue weighted by Crippen LogP contribution is 2.31. The van der Waals surface area contributed by atoms with E-state index in [-0.39, 0.29) is 10.6 Å². The average Bonchev–Trinajstić information content (AvgIpc) is 2.87. The van der Waals surface area contributed by atoms with Gasteiger partial charge in [-0.15, -0.1) is 0 Å². The zero-order valence-electron chi connectivity index (χ0n) is 7.37. The molecule has 1 aliphatic carbocycles. The lowest BCUT2D eigenvalue weighted by Gasteiger charge is -2.05. The van der Waals surface area contributed by atoms with Gasteiger partial charge in [-0.2, -0.15) is 0 Å². The normalized spacial score (nSPS) is 15.2. The zero-order valence-corrected chi connectivity index (χ0v) is 9.52. The van der Waals surface area contributed by atoms with Gasteiger partial charge in [0.2, 0.25) is 0 Å². The maximum absolute atomic E-state index is 10.7. The second kappa shape index (κ2) is 3.72. The van der Waals surface area contributed by atoms with Crippen molar-refractivity contribution >= 4 is 34.0 Å². The van der Waals surface area contributed by atoms with Crippen LogP contribution < -0.4 is 5.32 Å². The second-order valence-corrected chi connectivity index (χ2v) is 4.58. The lowest BCUT2D eigenvalue weighted by atomic mass is 10.2. The van der Waals surface area contributed by atoms with E-state index < -0.39 is 0 Å². The Kier molecular flexibility index (Phi) is 2.58. The Morgan fingerprint density at radius 1 is 1.50 bits per heavy atom. The Morgan fingerprint density at radius 3 is 2.79 bits per heavy atom. The van der Waals surface area contributed by atoms with E-state index >= 15 is 0 Å². The topological polar surface area (TPSA) is 55.2 Å². The number of nitro benzene ring substituents is 1. The van der Waals surface area contributed by atoms with Crippen LogP contribution in [0.1, 0.15) is 12.8 Å². The molecule has 1 fully saturated rings. The van der Waals surface area contributed by atoms with Crippen molar-refractivity contribution in [1.82, 2.24) is 0 Å². The first kappa shape index (κ1) is 9.70. The number of nitro groups is 1. The first-order valence-electron chi connectivity index (χ1n) is 4.37. The van der Waals surface area contributed by atoms with Crippen molar-refractivity contribution < 1.29 is 4.92 Å². The van der Waals surface area contributed by atoms with Gasteiger partial charge < -0.3 is 5.32 Å². The molecule has 0 heterocycles. The number of benzene rings is 1. The van der Waals surface area contributed by atoms with Crippen LogP contribution >= 0.6 is 22.6 Å². The molecule has 1 N–H and O–H groups in total. The van der Waals surface area contributed by atoms with Crippen molar-refractivity contribution in [1.29, 1.82) is 0 Å². The monoisotopic (exact) mass is 304 g/mol. The molecule has 0 atom stereocenters. The third-order valence-corrected chi connectivity index (χ3v) is 2.76. The van der Waals surface area contributed by atoms with E-state index in [2.05, 4.69) is 27.9 Å². The highest BCUT2D eigenvalue weighted by Gasteiger charge is 2.24. The van der Waals surface area contributed by atoms with E-state index in [9.17, 15) is 10.1 Å². The van der Waals surface area contributed by atoms with E-state index in [1.807, 2.05) is 6.07 Å². The number of nitrogens with zero attached hydrogens (tertiary/aromatic N) is 1. The summed E-state index contributed by atoms with van der Waals surface area (Å²) in [4.78, 5) is 10.4. The van der Waals surface area contributed by atoms with Crippen molar-refractivity contribution in [2.45, 2.75) is 18.9 Å². The largest absolute Gasteiger partial charge is 0.377 e. The van der Waals surface area contributed by atoms with Crippen molar-refractivity contribution in [2.75, 3.05) is 5.32 Å². The molecule has 0 bridgehead atoms. The Morgan fingerprint density at radius 2 is 2.21 bits per heavy atom. The average molecular weight is 304 g/mol. The summed E-state index contributed by atoms with van der Waals surface area (Å²) in [6.07, 6.45) is 2.23. The number of hydrogen-bond donors (Lipinski definition) is 1. The third kappa shape index (κ3) is 2.14. The van der Waals surface area contributed by atoms with Crippen LogP contribution in [-0.4, -0.2) is 11.0 Å². The molecule has 4 nitrogen and oxygen atoms in total. The zero-order chi connectivity index (χ0) is 10.1. The summed E-state index contributed by atoms with van der Waals surface area (Å²) < 4.78 is 1.01. The summed E-state index contributed by atoms with van der Waals surface area (Å²) in [5.74, 6) is 0. The maximum atomic E-state index is 10.7. The van der Waals surface area contributed by atoms with E-state index in [1.54, 1.807) is 12.1 Å². The molecule has 0 spiro atoms. The minimum Gasteiger partial charge on any atom is -0.377 e. The van der Waals surface area contributed by atoms with Crippen LogP contribution in [0.3, 0.4) is 0 Å². The summed E-state index contributed by atoms with van der Waals surface area (Å²) in [5, 5.41) is 13.9. The number of hydrogen-bond acceptors (Lipinski definition) is 3. The Labute approximate surface area is 95.0 Å². The van der Waals surface area contributed by atoms with Crippen molar-refractivity contribution in [3.63, 3.8) is 0 Å². The molecule has 5 heteroatoms. The molecule has 74 valence electrons. The fraction of sp³-hybridized carbons (Fsp3) is 0.333. The van der Waals surface area contributed by atoms with Crippen LogP contribution in [0.5, 0.6) is 0 Å². The molecule has 0 unspecified atom stereocenters. The summed E-state index contributed by atoms with van der Waals surface area (Å²) in [6, 6.07) is 5.55. The van der Waals surface area contributed by atoms with Gasteiger partial charge in [0.1, 0.15) is 5.69 Å². The fourth-order valence-corrected chi connectivity index (χ4v) is 1.72. The first-order chi connectivity index (χ1) is 6.66. The molecular weight excluding hydrogens is 295 g/mol. The lowest BCUT2D eigenvalue weighted by molar-refractivity contribution is -0.384. The third-order valence-electron chi connectivity index (χ3n) is 2.09. The Bertz CT molecular complexity index is 377. The minimum atomic E-state index is -0.346. The molecule has 1 saturated carbocycles. The predicted octanol–water partition coefficient (Wildman–Crippen LogP) is 2.77. The first-order valence-corrected chi connectivity index (χ1v) is 5.45. The van der Waals surface area contributed by atoms with E-state index in [1.165, 1.54) is 0 Å². The van der Waals surface area contributed by atoms with Crippen LogP contribution in [0, 0.1) is 13.7 Å². The Balaban J connectivity index is 2.31. The molecule has 1 aromatic carbocycles. The molecule has 1 aliphatic rings. The fourth-order valence-electron chi connectivity index (χ4n) is 1.23. The number of nitrogens with one attached hydrogen (secondary N) is 1. The molecular formula is C9H9IN2O2. The minimum absolute atomic E-state index is 0.164. The SMILES string of the molecule is O=[N+]([O-])c1ccc(I)cc1NC1CC1. The summed E-state index contributed by atoms with van der Waals surface area (Å²) >= 11 is 2.15. The van der Waals surface area contributed by atoms with Gasteiger partial charge in [-0.1, -0.05) is 0 Å². The molecule has 14 heavy (non-hydrogen) atoms. The highest BCUT2D eigenvalue weighted by atomic mass is 127. The number of halogens is 1. The molecule has 0 aliphatic heterocycles. The van der Waals surface area contributed by atoms with Gasteiger partial charge in [-0.3, -0.25) is 10.1 Å². The molecule has 0 aromatic heterocycles. The van der Waals surface area contributed by atoms with Crippen LogP contribution in [0.2, 0.25) is 0 Å². The van der Waals surface area contributed by atoms with E-state index in [4.69, 9.17) is 0 Å². The van der Waals surface area contributed by atoms with Crippen LogP contribution in [0.4, 0.5) is 11.4 Å². The number of rotatable bonds is 3. The van der Waals surface area contributed by atoms with Gasteiger partial charge >= 0.3 is 0 Å². The van der Waals surface area contributed by atoms with Gasteiger partial charge in [0.25, 0.3) is 5.69 Å². The summed E-state index contributed by atoms with van der Waals surface area (Å²) in [5.41, 5.74) is 0.807. The van der Waals surface area contributed by atoms with Gasteiger partial charge in [0.15, 0.2) is 0 Å². The van der Waals surface area contributed by atoms with Gasteiger partial charge in [-0.05, 0) is 47.6 Å². The maximum Gasteiger partial charge on any atom is 0.292 e. The van der Waals surface area contributed by atoms with Gasteiger partial charge in [-0.25, -0.2) is 0 Å². The molecule has 0 radical (unpaired) electrons. The van der Waals surface area contributed by atoms with Gasteiger partial charge in [0, 0.05) is 15.7 Å². The smallest absolute Gasteiger partial charge is 0.292 e. The van der Waals surface area contributed by atoms with Crippen molar-refractivity contribution in [3.8, 4) is 0 Å². The lowest BCUT2D eigenvalue weighted by Crippen LogP contribution is -2.04. The van der Waals surface area contributed by atoms with E-state index in [0.717, 1.165) is 16.4 Å².